The highest BCUT2D eigenvalue weighted by Gasteiger charge is 2.17. The van der Waals surface area contributed by atoms with Crippen molar-refractivity contribution in [2.45, 2.75) is 17.7 Å². The van der Waals surface area contributed by atoms with E-state index in [1.165, 1.54) is 0 Å². The van der Waals surface area contributed by atoms with Crippen molar-refractivity contribution in [3.05, 3.63) is 35.9 Å². The van der Waals surface area contributed by atoms with E-state index in [2.05, 4.69) is 12.6 Å². The fraction of sp³-hybridized carbons (Fsp3) is 0.214. The number of hydrogen-bond donors (Lipinski definition) is 2. The Morgan fingerprint density at radius 1 is 1.28 bits per heavy atom. The molecule has 4 heteroatoms. The van der Waals surface area contributed by atoms with Gasteiger partial charge in [0.05, 0.1) is 13.0 Å². The number of carboxylic acid groups (broad SMARTS) is 1. The fourth-order valence-corrected chi connectivity index (χ4v) is 2.29. The number of ether oxygens (including phenoxy) is 1. The van der Waals surface area contributed by atoms with Gasteiger partial charge in [-0.2, -0.15) is 0 Å². The first-order chi connectivity index (χ1) is 8.52. The van der Waals surface area contributed by atoms with Crippen molar-refractivity contribution in [1.82, 2.24) is 0 Å². The molecule has 1 unspecified atom stereocenters. The van der Waals surface area contributed by atoms with Crippen molar-refractivity contribution in [2.75, 3.05) is 7.11 Å². The number of carbonyl (C=O) groups is 1. The quantitative estimate of drug-likeness (QED) is 0.834. The third-order valence-electron chi connectivity index (χ3n) is 3.03. The largest absolute Gasteiger partial charge is 0.497 e. The number of thiol groups is 1. The second-order valence-electron chi connectivity index (χ2n) is 4.18. The highest BCUT2D eigenvalue weighted by atomic mass is 32.1. The van der Waals surface area contributed by atoms with Crippen LogP contribution in [0, 0.1) is 0 Å². The molecule has 0 aromatic heterocycles. The van der Waals surface area contributed by atoms with Crippen molar-refractivity contribution < 1.29 is 14.6 Å². The van der Waals surface area contributed by atoms with E-state index in [4.69, 9.17) is 9.84 Å². The molecule has 94 valence electrons. The summed E-state index contributed by atoms with van der Waals surface area (Å²) in [4.78, 5) is 11.7. The van der Waals surface area contributed by atoms with Crippen molar-refractivity contribution in [2.24, 2.45) is 0 Å². The summed E-state index contributed by atoms with van der Waals surface area (Å²) in [5, 5.41) is 11.0. The van der Waals surface area contributed by atoms with Crippen LogP contribution in [0.3, 0.4) is 0 Å². The number of hydrogen-bond acceptors (Lipinski definition) is 3. The molecule has 0 heterocycles. The van der Waals surface area contributed by atoms with E-state index in [9.17, 15) is 4.79 Å². The molecule has 0 bridgehead atoms. The van der Waals surface area contributed by atoms with Crippen LogP contribution < -0.4 is 4.74 Å². The topological polar surface area (TPSA) is 46.5 Å². The highest BCUT2D eigenvalue weighted by molar-refractivity contribution is 7.80. The Labute approximate surface area is 111 Å². The smallest absolute Gasteiger partial charge is 0.310 e. The molecule has 1 N–H and O–H groups in total. The summed E-state index contributed by atoms with van der Waals surface area (Å²) in [6, 6.07) is 9.42. The zero-order valence-corrected chi connectivity index (χ0v) is 11.1. The lowest BCUT2D eigenvalue weighted by atomic mass is 9.97. The van der Waals surface area contributed by atoms with Gasteiger partial charge in [-0.15, -0.1) is 12.6 Å². The van der Waals surface area contributed by atoms with E-state index in [1.54, 1.807) is 14.0 Å². The zero-order chi connectivity index (χ0) is 13.3. The van der Waals surface area contributed by atoms with Gasteiger partial charge in [0.2, 0.25) is 0 Å². The number of aliphatic carboxylic acids is 1. The summed E-state index contributed by atoms with van der Waals surface area (Å²) < 4.78 is 5.16. The van der Waals surface area contributed by atoms with Crippen LogP contribution in [-0.4, -0.2) is 18.2 Å². The number of rotatable bonds is 3. The molecule has 0 amide bonds. The van der Waals surface area contributed by atoms with Crippen LogP contribution >= 0.6 is 12.6 Å². The first-order valence-corrected chi connectivity index (χ1v) is 6.01. The van der Waals surface area contributed by atoms with Crippen LogP contribution in [0.1, 0.15) is 18.4 Å². The predicted molar refractivity (Wildman–Crippen MR) is 73.8 cm³/mol. The zero-order valence-electron chi connectivity index (χ0n) is 10.2. The van der Waals surface area contributed by atoms with Gasteiger partial charge in [-0.25, -0.2) is 0 Å². The summed E-state index contributed by atoms with van der Waals surface area (Å²) in [6.07, 6.45) is 0. The minimum Gasteiger partial charge on any atom is -0.497 e. The van der Waals surface area contributed by atoms with Crippen molar-refractivity contribution >= 4 is 29.4 Å². The normalized spacial score (nSPS) is 12.4. The second kappa shape index (κ2) is 4.90. The Balaban J connectivity index is 2.59. The molecular formula is C14H14O3S. The Hall–Kier alpha value is -1.68. The molecule has 2 aromatic carbocycles. The lowest BCUT2D eigenvalue weighted by Crippen LogP contribution is -2.08. The third kappa shape index (κ3) is 2.29. The Kier molecular flexibility index (Phi) is 3.48. The molecule has 2 aromatic rings. The van der Waals surface area contributed by atoms with E-state index >= 15 is 0 Å². The molecule has 0 aliphatic carbocycles. The molecule has 0 saturated carbocycles. The number of benzene rings is 2. The molecule has 18 heavy (non-hydrogen) atoms. The van der Waals surface area contributed by atoms with Gasteiger partial charge in [0.25, 0.3) is 0 Å². The first kappa shape index (κ1) is 12.8. The third-order valence-corrected chi connectivity index (χ3v) is 3.42. The average Bonchev–Trinajstić information content (AvgIpc) is 2.36. The van der Waals surface area contributed by atoms with Crippen LogP contribution in [0.4, 0.5) is 0 Å². The summed E-state index contributed by atoms with van der Waals surface area (Å²) in [6.45, 7) is 1.66. The SMILES string of the molecule is COc1ccc2cc(C(C)C(=O)O)c(S)cc2c1. The maximum atomic E-state index is 11.0. The van der Waals surface area contributed by atoms with Gasteiger partial charge in [0.15, 0.2) is 0 Å². The van der Waals surface area contributed by atoms with Crippen molar-refractivity contribution in [1.29, 1.82) is 0 Å². The molecular weight excluding hydrogens is 248 g/mol. The summed E-state index contributed by atoms with van der Waals surface area (Å²) in [7, 11) is 1.61. The second-order valence-corrected chi connectivity index (χ2v) is 4.67. The van der Waals surface area contributed by atoms with Crippen molar-refractivity contribution in [3.63, 3.8) is 0 Å². The van der Waals surface area contributed by atoms with Crippen LogP contribution in [0.2, 0.25) is 0 Å². The minimum atomic E-state index is -0.849. The van der Waals surface area contributed by atoms with Gasteiger partial charge >= 0.3 is 5.97 Å². The van der Waals surface area contributed by atoms with Crippen LogP contribution in [0.15, 0.2) is 35.2 Å². The van der Waals surface area contributed by atoms with Gasteiger partial charge in [-0.1, -0.05) is 6.07 Å². The predicted octanol–water partition coefficient (Wildman–Crippen LogP) is 3.33. The Bertz CT molecular complexity index is 607. The molecule has 3 nitrogen and oxygen atoms in total. The van der Waals surface area contributed by atoms with Gasteiger partial charge in [-0.3, -0.25) is 4.79 Å². The lowest BCUT2D eigenvalue weighted by molar-refractivity contribution is -0.138. The summed E-state index contributed by atoms with van der Waals surface area (Å²) in [5.74, 6) is -0.642. The molecule has 1 atom stereocenters. The maximum absolute atomic E-state index is 11.0. The van der Waals surface area contributed by atoms with E-state index in [0.717, 1.165) is 22.1 Å². The first-order valence-electron chi connectivity index (χ1n) is 5.56. The molecule has 2 rings (SSSR count). The average molecular weight is 262 g/mol. The number of methoxy groups -OCH3 is 1. The fourth-order valence-electron chi connectivity index (χ4n) is 1.89. The molecule has 0 radical (unpaired) electrons. The van der Waals surface area contributed by atoms with E-state index in [0.29, 0.717) is 4.90 Å². The number of fused-ring (bicyclic) bond motifs is 1. The van der Waals surface area contributed by atoms with E-state index in [-0.39, 0.29) is 0 Å². The molecule has 0 aliphatic heterocycles. The molecule has 0 fully saturated rings. The molecule has 0 spiro atoms. The Morgan fingerprint density at radius 2 is 2.00 bits per heavy atom. The highest BCUT2D eigenvalue weighted by Crippen LogP contribution is 2.30. The van der Waals surface area contributed by atoms with Gasteiger partial charge < -0.3 is 9.84 Å². The van der Waals surface area contributed by atoms with Crippen molar-refractivity contribution in [3.8, 4) is 5.75 Å². The molecule has 0 saturated heterocycles. The number of carboxylic acids is 1. The van der Waals surface area contributed by atoms with E-state index < -0.39 is 11.9 Å². The Morgan fingerprint density at radius 3 is 2.61 bits per heavy atom. The lowest BCUT2D eigenvalue weighted by Gasteiger charge is -2.12. The standard InChI is InChI=1S/C14H14O3S/c1-8(14(15)16)12-6-9-3-4-11(17-2)5-10(9)7-13(12)18/h3-8,18H,1-2H3,(H,15,16). The summed E-state index contributed by atoms with van der Waals surface area (Å²) in [5.41, 5.74) is 0.725. The van der Waals surface area contributed by atoms with Crippen LogP contribution in [-0.2, 0) is 4.79 Å². The monoisotopic (exact) mass is 262 g/mol. The van der Waals surface area contributed by atoms with Crippen LogP contribution in [0.25, 0.3) is 10.8 Å². The van der Waals surface area contributed by atoms with Gasteiger partial charge in [0.1, 0.15) is 5.75 Å². The summed E-state index contributed by atoms with van der Waals surface area (Å²) >= 11 is 4.37. The van der Waals surface area contributed by atoms with Crippen LogP contribution in [0.5, 0.6) is 5.75 Å². The van der Waals surface area contributed by atoms with Gasteiger partial charge in [-0.05, 0) is 47.5 Å². The molecule has 0 aliphatic rings. The van der Waals surface area contributed by atoms with Gasteiger partial charge in [0, 0.05) is 4.90 Å². The maximum Gasteiger partial charge on any atom is 0.310 e. The van der Waals surface area contributed by atoms with E-state index in [1.807, 2.05) is 30.3 Å². The minimum absolute atomic E-state index is 0.566.